The molecule has 3 rings (SSSR count). The van der Waals surface area contributed by atoms with Gasteiger partial charge in [-0.25, -0.2) is 4.98 Å². The van der Waals surface area contributed by atoms with Gasteiger partial charge in [-0.05, 0) is 30.7 Å². The number of benzene rings is 2. The molecule has 0 radical (unpaired) electrons. The first kappa shape index (κ1) is 16.5. The second-order valence-electron chi connectivity index (χ2n) is 5.12. The second kappa shape index (κ2) is 7.95. The zero-order chi connectivity index (χ0) is 16.8. The lowest BCUT2D eigenvalue weighted by Gasteiger charge is -2.08. The molecule has 0 unspecified atom stereocenters. The van der Waals surface area contributed by atoms with Gasteiger partial charge in [0, 0.05) is 16.0 Å². The van der Waals surface area contributed by atoms with Crippen LogP contribution in [0.3, 0.4) is 0 Å². The molecule has 0 saturated carbocycles. The van der Waals surface area contributed by atoms with E-state index < -0.39 is 0 Å². The van der Waals surface area contributed by atoms with E-state index in [0.29, 0.717) is 11.6 Å². The number of rotatable bonds is 6. The number of hydrogen-bond donors (Lipinski definition) is 1. The molecule has 1 N–H and O–H groups in total. The molecule has 0 aliphatic carbocycles. The topological polar surface area (TPSA) is 46.5 Å². The molecule has 0 spiro atoms. The van der Waals surface area contributed by atoms with Crippen LogP contribution in [0.1, 0.15) is 16.8 Å². The van der Waals surface area contributed by atoms with E-state index in [9.17, 15) is 0 Å². The Morgan fingerprint density at radius 3 is 2.92 bits per heavy atom. The summed E-state index contributed by atoms with van der Waals surface area (Å²) in [5.74, 6) is 0.768. The van der Waals surface area contributed by atoms with Crippen LogP contribution in [0.5, 0.6) is 5.75 Å². The Kier molecular flexibility index (Phi) is 5.46. The first-order valence-electron chi connectivity index (χ1n) is 7.38. The highest BCUT2D eigenvalue weighted by atomic mass is 35.5. The Morgan fingerprint density at radius 2 is 2.12 bits per heavy atom. The van der Waals surface area contributed by atoms with Crippen LogP contribution in [0.2, 0.25) is 5.02 Å². The third-order valence-corrected chi connectivity index (χ3v) is 4.44. The molecular formula is C18H16ClN3OS. The number of hydrazone groups is 1. The lowest BCUT2D eigenvalue weighted by atomic mass is 10.2. The maximum absolute atomic E-state index is 6.14. The first-order chi connectivity index (χ1) is 11.7. The van der Waals surface area contributed by atoms with E-state index >= 15 is 0 Å². The van der Waals surface area contributed by atoms with Crippen molar-refractivity contribution in [2.75, 3.05) is 5.43 Å². The molecule has 1 heterocycles. The fraction of sp³-hybridized carbons (Fsp3) is 0.111. The van der Waals surface area contributed by atoms with Gasteiger partial charge in [0.05, 0.1) is 11.9 Å². The molecule has 0 aliphatic rings. The number of thiazole rings is 1. The summed E-state index contributed by atoms with van der Waals surface area (Å²) in [6.45, 7) is 2.38. The predicted octanol–water partition coefficient (Wildman–Crippen LogP) is 5.13. The Hall–Kier alpha value is -2.37. The summed E-state index contributed by atoms with van der Waals surface area (Å²) < 4.78 is 5.80. The van der Waals surface area contributed by atoms with Gasteiger partial charge in [-0.2, -0.15) is 5.10 Å². The number of aryl methyl sites for hydroxylation is 1. The van der Waals surface area contributed by atoms with Crippen LogP contribution in [0.25, 0.3) is 0 Å². The quantitative estimate of drug-likeness (QED) is 0.491. The molecule has 0 aliphatic heterocycles. The van der Waals surface area contributed by atoms with E-state index in [1.807, 2.05) is 60.8 Å². The number of hydrogen-bond acceptors (Lipinski definition) is 5. The van der Waals surface area contributed by atoms with Crippen molar-refractivity contribution in [1.82, 2.24) is 4.98 Å². The van der Waals surface area contributed by atoms with Crippen LogP contribution in [0, 0.1) is 6.92 Å². The van der Waals surface area contributed by atoms with E-state index in [1.165, 1.54) is 11.3 Å². The molecule has 0 atom stereocenters. The van der Waals surface area contributed by atoms with Crippen molar-refractivity contribution in [2.45, 2.75) is 13.5 Å². The Bertz CT molecular complexity index is 848. The Labute approximate surface area is 149 Å². The van der Waals surface area contributed by atoms with Gasteiger partial charge in [0.15, 0.2) is 0 Å². The van der Waals surface area contributed by atoms with Crippen molar-refractivity contribution >= 4 is 34.3 Å². The van der Waals surface area contributed by atoms with Crippen molar-refractivity contribution < 1.29 is 4.74 Å². The van der Waals surface area contributed by atoms with E-state index in [4.69, 9.17) is 16.3 Å². The maximum Gasteiger partial charge on any atom is 0.203 e. The molecule has 6 heteroatoms. The number of halogens is 1. The largest absolute Gasteiger partial charge is 0.489 e. The van der Waals surface area contributed by atoms with Gasteiger partial charge in [0.1, 0.15) is 12.4 Å². The summed E-state index contributed by atoms with van der Waals surface area (Å²) in [5.41, 5.74) is 5.79. The summed E-state index contributed by atoms with van der Waals surface area (Å²) in [5, 5.41) is 7.65. The van der Waals surface area contributed by atoms with Crippen LogP contribution >= 0.6 is 22.9 Å². The minimum absolute atomic E-state index is 0.427. The fourth-order valence-electron chi connectivity index (χ4n) is 2.03. The number of nitrogens with zero attached hydrogens (tertiary/aromatic N) is 2. The highest BCUT2D eigenvalue weighted by Gasteiger charge is 2.01. The summed E-state index contributed by atoms with van der Waals surface area (Å²) in [6.07, 6.45) is 1.74. The third kappa shape index (κ3) is 4.57. The number of ether oxygens (including phenoxy) is 1. The van der Waals surface area contributed by atoms with Gasteiger partial charge in [-0.15, -0.1) is 11.3 Å². The lowest BCUT2D eigenvalue weighted by Crippen LogP contribution is -1.97. The average Bonchev–Trinajstić information content (AvgIpc) is 3.00. The molecule has 122 valence electrons. The van der Waals surface area contributed by atoms with E-state index in [1.54, 1.807) is 6.21 Å². The van der Waals surface area contributed by atoms with Gasteiger partial charge in [0.2, 0.25) is 5.13 Å². The van der Waals surface area contributed by atoms with Crippen molar-refractivity contribution in [3.63, 3.8) is 0 Å². The summed E-state index contributed by atoms with van der Waals surface area (Å²) in [7, 11) is 0. The van der Waals surface area contributed by atoms with Crippen molar-refractivity contribution in [2.24, 2.45) is 5.10 Å². The number of anilines is 1. The minimum atomic E-state index is 0.427. The average molecular weight is 358 g/mol. The molecule has 3 aromatic rings. The molecule has 24 heavy (non-hydrogen) atoms. The van der Waals surface area contributed by atoms with Crippen molar-refractivity contribution in [3.05, 3.63) is 75.8 Å². The van der Waals surface area contributed by atoms with Crippen LogP contribution in [0.15, 0.2) is 59.0 Å². The van der Waals surface area contributed by atoms with Gasteiger partial charge in [0.25, 0.3) is 0 Å². The highest BCUT2D eigenvalue weighted by Crippen LogP contribution is 2.19. The standard InChI is InChI=1S/C18H16ClN3OS/c1-13-12-24-18(21-13)22-20-10-14-5-4-7-16(9-14)23-11-15-6-2-3-8-17(15)19/h2-10,12H,11H2,1H3,(H,21,22). The Balaban J connectivity index is 1.60. The third-order valence-electron chi connectivity index (χ3n) is 3.20. The number of aromatic nitrogens is 1. The predicted molar refractivity (Wildman–Crippen MR) is 100 cm³/mol. The molecule has 0 saturated heterocycles. The number of nitrogens with one attached hydrogen (secondary N) is 1. The SMILES string of the molecule is Cc1csc(NN=Cc2cccc(OCc3ccccc3Cl)c2)n1. The van der Waals surface area contributed by atoms with Crippen LogP contribution < -0.4 is 10.2 Å². The van der Waals surface area contributed by atoms with Gasteiger partial charge in [-0.3, -0.25) is 5.43 Å². The zero-order valence-electron chi connectivity index (χ0n) is 13.1. The second-order valence-corrected chi connectivity index (χ2v) is 6.38. The van der Waals surface area contributed by atoms with Crippen molar-refractivity contribution in [3.8, 4) is 5.75 Å². The first-order valence-corrected chi connectivity index (χ1v) is 8.64. The van der Waals surface area contributed by atoms with Crippen LogP contribution in [-0.2, 0) is 6.61 Å². The molecule has 0 amide bonds. The summed E-state index contributed by atoms with van der Waals surface area (Å²) in [6, 6.07) is 15.4. The molecule has 4 nitrogen and oxygen atoms in total. The van der Waals surface area contributed by atoms with Gasteiger partial charge >= 0.3 is 0 Å². The van der Waals surface area contributed by atoms with Gasteiger partial charge < -0.3 is 4.74 Å². The highest BCUT2D eigenvalue weighted by molar-refractivity contribution is 7.13. The summed E-state index contributed by atoms with van der Waals surface area (Å²) in [4.78, 5) is 4.29. The zero-order valence-corrected chi connectivity index (χ0v) is 14.6. The molecule has 2 aromatic carbocycles. The van der Waals surface area contributed by atoms with Crippen LogP contribution in [-0.4, -0.2) is 11.2 Å². The summed E-state index contributed by atoms with van der Waals surface area (Å²) >= 11 is 7.66. The molecule has 0 fully saturated rings. The maximum atomic E-state index is 6.14. The van der Waals surface area contributed by atoms with Gasteiger partial charge in [-0.1, -0.05) is 41.9 Å². The molecule has 1 aromatic heterocycles. The van der Waals surface area contributed by atoms with Crippen LogP contribution in [0.4, 0.5) is 5.13 Å². The van der Waals surface area contributed by atoms with E-state index in [0.717, 1.165) is 27.7 Å². The lowest BCUT2D eigenvalue weighted by molar-refractivity contribution is 0.306. The van der Waals surface area contributed by atoms with Crippen molar-refractivity contribution in [1.29, 1.82) is 0 Å². The van der Waals surface area contributed by atoms with E-state index in [2.05, 4.69) is 15.5 Å². The fourth-order valence-corrected chi connectivity index (χ4v) is 2.86. The molecular weight excluding hydrogens is 342 g/mol. The normalized spacial score (nSPS) is 10.9. The minimum Gasteiger partial charge on any atom is -0.489 e. The molecule has 0 bridgehead atoms. The monoisotopic (exact) mass is 357 g/mol. The smallest absolute Gasteiger partial charge is 0.203 e. The Morgan fingerprint density at radius 1 is 1.25 bits per heavy atom. The van der Waals surface area contributed by atoms with E-state index in [-0.39, 0.29) is 0 Å².